The minimum absolute atomic E-state index is 0.165. The van der Waals surface area contributed by atoms with Gasteiger partial charge in [-0.15, -0.1) is 0 Å². The van der Waals surface area contributed by atoms with Crippen molar-refractivity contribution in [2.24, 2.45) is 0 Å². The third-order valence-corrected chi connectivity index (χ3v) is 8.81. The monoisotopic (exact) mass is 517 g/mol. The number of aryl methyl sites for hydroxylation is 1. The molecule has 0 radical (unpaired) electrons. The molecule has 0 fully saturated rings. The van der Waals surface area contributed by atoms with E-state index in [1.807, 2.05) is 31.2 Å². The van der Waals surface area contributed by atoms with Gasteiger partial charge in [0.2, 0.25) is 10.0 Å². The fraction of sp³-hybridized carbons (Fsp3) is 0.407. The normalized spacial score (nSPS) is 12.5. The van der Waals surface area contributed by atoms with Crippen LogP contribution in [0.2, 0.25) is 0 Å². The number of benzene rings is 1. The molecule has 0 saturated carbocycles. The van der Waals surface area contributed by atoms with Gasteiger partial charge in [-0.3, -0.25) is 4.18 Å². The van der Waals surface area contributed by atoms with Crippen LogP contribution < -0.4 is 4.72 Å². The number of hydrogen-bond acceptors (Lipinski definition) is 5. The molecule has 0 atom stereocenters. The highest BCUT2D eigenvalue weighted by Crippen LogP contribution is 2.37. The van der Waals surface area contributed by atoms with Crippen LogP contribution >= 0.6 is 0 Å². The molecule has 2 aliphatic rings. The van der Waals surface area contributed by atoms with Crippen molar-refractivity contribution < 1.29 is 21.0 Å². The Morgan fingerprint density at radius 2 is 1.54 bits per heavy atom. The summed E-state index contributed by atoms with van der Waals surface area (Å²) in [5, 5.41) is 0. The maximum absolute atomic E-state index is 13.0. The van der Waals surface area contributed by atoms with E-state index in [9.17, 15) is 16.8 Å². The van der Waals surface area contributed by atoms with Gasteiger partial charge in [-0.25, -0.2) is 13.1 Å². The summed E-state index contributed by atoms with van der Waals surface area (Å²) in [7, 11) is -7.41. The van der Waals surface area contributed by atoms with Crippen LogP contribution in [0.4, 0.5) is 0 Å². The number of rotatable bonds is 13. The summed E-state index contributed by atoms with van der Waals surface area (Å²) in [5.41, 5.74) is 3.60. The van der Waals surface area contributed by atoms with E-state index in [0.29, 0.717) is 43.7 Å². The van der Waals surface area contributed by atoms with E-state index < -0.39 is 20.1 Å². The maximum Gasteiger partial charge on any atom is 0.297 e. The second kappa shape index (κ2) is 12.1. The zero-order valence-corrected chi connectivity index (χ0v) is 22.3. The number of nitrogens with one attached hydrogen (secondary N) is 1. The van der Waals surface area contributed by atoms with Gasteiger partial charge in [0, 0.05) is 12.1 Å². The Kier molecular flexibility index (Phi) is 9.47. The highest BCUT2D eigenvalue weighted by atomic mass is 32.2. The molecule has 8 heteroatoms. The predicted octanol–water partition coefficient (Wildman–Crippen LogP) is 5.72. The minimum atomic E-state index is -3.88. The van der Waals surface area contributed by atoms with E-state index in [1.165, 1.54) is 0 Å². The molecule has 2 aliphatic carbocycles. The molecule has 0 heterocycles. The summed E-state index contributed by atoms with van der Waals surface area (Å²) in [6.45, 7) is 6.66. The van der Waals surface area contributed by atoms with E-state index in [2.05, 4.69) is 18.6 Å². The van der Waals surface area contributed by atoms with E-state index in [0.717, 1.165) is 23.1 Å². The highest BCUT2D eigenvalue weighted by molar-refractivity contribution is 7.89. The van der Waals surface area contributed by atoms with E-state index in [4.69, 9.17) is 4.18 Å². The van der Waals surface area contributed by atoms with Gasteiger partial charge in [0.15, 0.2) is 0 Å². The van der Waals surface area contributed by atoms with Gasteiger partial charge >= 0.3 is 0 Å². The molecule has 190 valence electrons. The summed E-state index contributed by atoms with van der Waals surface area (Å²) in [4.78, 5) is 0.447. The third-order valence-electron chi connectivity index (χ3n) is 5.98. The zero-order chi connectivity index (χ0) is 25.5. The number of hydrogen-bond donors (Lipinski definition) is 1. The molecular weight excluding hydrogens is 482 g/mol. The Bertz CT molecular complexity index is 1290. The van der Waals surface area contributed by atoms with E-state index in [1.54, 1.807) is 36.4 Å². The number of sulfonamides is 1. The first-order valence-electron chi connectivity index (χ1n) is 12.2. The van der Waals surface area contributed by atoms with Crippen LogP contribution in [0.3, 0.4) is 0 Å². The van der Waals surface area contributed by atoms with E-state index in [-0.39, 0.29) is 16.4 Å². The van der Waals surface area contributed by atoms with Gasteiger partial charge < -0.3 is 0 Å². The van der Waals surface area contributed by atoms with Gasteiger partial charge in [0.25, 0.3) is 10.1 Å². The fourth-order valence-electron chi connectivity index (χ4n) is 3.91. The summed E-state index contributed by atoms with van der Waals surface area (Å²) < 4.78 is 58.7. The SMILES string of the molecule is CCCCOS(=O)(=O)c1cc(CCCCNS(=O)(=O)c2ccccc2)c2ccc(C(C)C)ccc1-2. The molecule has 0 aliphatic heterocycles. The Morgan fingerprint density at radius 3 is 2.20 bits per heavy atom. The Morgan fingerprint density at radius 1 is 0.857 bits per heavy atom. The number of unbranched alkanes of at least 4 members (excludes halogenated alkanes) is 2. The van der Waals surface area contributed by atoms with Crippen LogP contribution in [0.15, 0.2) is 70.5 Å². The van der Waals surface area contributed by atoms with Crippen molar-refractivity contribution in [2.75, 3.05) is 13.2 Å². The van der Waals surface area contributed by atoms with Crippen LogP contribution in [0.25, 0.3) is 11.1 Å². The smallest absolute Gasteiger partial charge is 0.266 e. The molecule has 0 unspecified atom stereocenters. The molecule has 6 nitrogen and oxygen atoms in total. The third kappa shape index (κ3) is 7.13. The molecule has 0 bridgehead atoms. The molecule has 0 amide bonds. The van der Waals surface area contributed by atoms with E-state index >= 15 is 0 Å². The first kappa shape index (κ1) is 27.3. The predicted molar refractivity (Wildman–Crippen MR) is 140 cm³/mol. The Balaban J connectivity index is 1.76. The lowest BCUT2D eigenvalue weighted by atomic mass is 10.0. The van der Waals surface area contributed by atoms with Crippen molar-refractivity contribution in [3.8, 4) is 11.1 Å². The van der Waals surface area contributed by atoms with Crippen molar-refractivity contribution in [1.29, 1.82) is 0 Å². The molecular formula is C27H35NO5S2. The quantitative estimate of drug-likeness (QED) is 0.231. The summed E-state index contributed by atoms with van der Waals surface area (Å²) in [6, 6.07) is 17.9. The topological polar surface area (TPSA) is 89.5 Å². The second-order valence-corrected chi connectivity index (χ2v) is 12.3. The van der Waals surface area contributed by atoms with Crippen molar-refractivity contribution >= 4 is 20.1 Å². The van der Waals surface area contributed by atoms with Crippen LogP contribution in [0.5, 0.6) is 0 Å². The summed E-state index contributed by atoms with van der Waals surface area (Å²) >= 11 is 0. The first-order chi connectivity index (χ1) is 16.7. The van der Waals surface area contributed by atoms with Crippen LogP contribution in [0, 0.1) is 0 Å². The fourth-order valence-corrected chi connectivity index (χ4v) is 6.20. The van der Waals surface area contributed by atoms with Crippen molar-refractivity contribution in [2.45, 2.75) is 68.6 Å². The molecule has 1 N–H and O–H groups in total. The first-order valence-corrected chi connectivity index (χ1v) is 15.0. The van der Waals surface area contributed by atoms with Gasteiger partial charge in [-0.1, -0.05) is 69.7 Å². The summed E-state index contributed by atoms with van der Waals surface area (Å²) in [5.74, 6) is 0.313. The van der Waals surface area contributed by atoms with Gasteiger partial charge in [0.05, 0.1) is 11.5 Å². The molecule has 0 aromatic heterocycles. The standard InChI is InChI=1S/C27H35NO5S2/c1-4-5-19-33-35(31,32)27-20-23(25-16-14-22(21(2)3)15-17-26(25)27)11-9-10-18-28-34(29,30)24-12-7-6-8-13-24/h6-8,12-17,20-21,28H,4-5,9-11,18-19H2,1-3H3. The van der Waals surface area contributed by atoms with Crippen LogP contribution in [-0.2, 0) is 30.7 Å². The lowest BCUT2D eigenvalue weighted by molar-refractivity contribution is 0.311. The lowest BCUT2D eigenvalue weighted by Gasteiger charge is -2.07. The van der Waals surface area contributed by atoms with Gasteiger partial charge in [-0.05, 0) is 66.5 Å². The highest BCUT2D eigenvalue weighted by Gasteiger charge is 2.25. The molecule has 3 rings (SSSR count). The molecule has 0 saturated heterocycles. The molecule has 1 aromatic rings. The number of fused-ring (bicyclic) bond motifs is 1. The van der Waals surface area contributed by atoms with Crippen molar-refractivity contribution in [3.63, 3.8) is 0 Å². The average Bonchev–Trinajstić information content (AvgIpc) is 3.02. The minimum Gasteiger partial charge on any atom is -0.266 e. The van der Waals surface area contributed by atoms with Crippen LogP contribution in [-0.4, -0.2) is 30.0 Å². The molecule has 1 aromatic carbocycles. The lowest BCUT2D eigenvalue weighted by Crippen LogP contribution is -2.24. The Labute approximate surface area is 210 Å². The van der Waals surface area contributed by atoms with Gasteiger partial charge in [-0.2, -0.15) is 8.42 Å². The molecule has 35 heavy (non-hydrogen) atoms. The zero-order valence-electron chi connectivity index (χ0n) is 20.7. The Hall–Kier alpha value is -2.26. The maximum atomic E-state index is 13.0. The average molecular weight is 518 g/mol. The second-order valence-electron chi connectivity index (χ2n) is 8.98. The summed E-state index contributed by atoms with van der Waals surface area (Å²) in [6.07, 6.45) is 3.50. The molecule has 0 spiro atoms. The van der Waals surface area contributed by atoms with Gasteiger partial charge in [0.1, 0.15) is 4.90 Å². The largest absolute Gasteiger partial charge is 0.297 e. The van der Waals surface area contributed by atoms with Crippen molar-refractivity contribution in [3.05, 3.63) is 71.8 Å². The van der Waals surface area contributed by atoms with Crippen LogP contribution in [0.1, 0.15) is 63.5 Å². The van der Waals surface area contributed by atoms with Crippen molar-refractivity contribution in [1.82, 2.24) is 4.72 Å².